The first-order valence-corrected chi connectivity index (χ1v) is 6.28. The predicted octanol–water partition coefficient (Wildman–Crippen LogP) is -0.420. The molecule has 0 saturated carbocycles. The van der Waals surface area contributed by atoms with Crippen LogP contribution in [0.3, 0.4) is 0 Å². The third kappa shape index (κ3) is 4.07. The summed E-state index contributed by atoms with van der Waals surface area (Å²) in [6.07, 6.45) is 0. The fourth-order valence-corrected chi connectivity index (χ4v) is 2.57. The van der Waals surface area contributed by atoms with Gasteiger partial charge >= 0.3 is 5.97 Å². The topological polar surface area (TPSA) is 83.9 Å². The Labute approximate surface area is 96.2 Å². The Balaban J connectivity index is 4.86. The number of ether oxygens (including phenoxy) is 1. The average molecular weight is 253 g/mol. The number of hydrogen-bond acceptors (Lipinski definition) is 5. The molecule has 0 spiro atoms. The van der Waals surface area contributed by atoms with Crippen molar-refractivity contribution in [1.82, 2.24) is 4.31 Å². The summed E-state index contributed by atoms with van der Waals surface area (Å²) in [5.74, 6) is -0.817. The largest absolute Gasteiger partial charge is 0.468 e. The number of esters is 1. The van der Waals surface area contributed by atoms with Crippen LogP contribution >= 0.6 is 0 Å². The monoisotopic (exact) mass is 253 g/mol. The normalized spacial score (nSPS) is 14.9. The van der Waals surface area contributed by atoms with E-state index in [4.69, 9.17) is 0 Å². The lowest BCUT2D eigenvalue weighted by molar-refractivity contribution is -0.139. The van der Waals surface area contributed by atoms with Crippen molar-refractivity contribution in [3.8, 4) is 0 Å². The van der Waals surface area contributed by atoms with E-state index in [-0.39, 0.29) is 6.54 Å². The zero-order valence-corrected chi connectivity index (χ0v) is 11.0. The number of rotatable bonds is 5. The van der Waals surface area contributed by atoms with Crippen LogP contribution < -0.4 is 0 Å². The zero-order chi connectivity index (χ0) is 13.1. The molecule has 0 saturated heterocycles. The van der Waals surface area contributed by atoms with Gasteiger partial charge in [0.05, 0.1) is 12.7 Å². The maximum Gasteiger partial charge on any atom is 0.325 e. The second-order valence-electron chi connectivity index (χ2n) is 4.28. The van der Waals surface area contributed by atoms with E-state index in [1.165, 1.54) is 27.8 Å². The van der Waals surface area contributed by atoms with Crippen LogP contribution in [0.5, 0.6) is 0 Å². The molecular formula is C9H19NO5S. The first-order chi connectivity index (χ1) is 7.02. The Kier molecular flexibility index (Phi) is 4.90. The molecule has 0 rings (SSSR count). The van der Waals surface area contributed by atoms with Gasteiger partial charge in [0, 0.05) is 13.6 Å². The Morgan fingerprint density at radius 1 is 1.50 bits per heavy atom. The van der Waals surface area contributed by atoms with Gasteiger partial charge in [-0.05, 0) is 20.8 Å². The van der Waals surface area contributed by atoms with Crippen LogP contribution in [0.15, 0.2) is 0 Å². The minimum Gasteiger partial charge on any atom is -0.468 e. The lowest BCUT2D eigenvalue weighted by atomic mass is 10.1. The van der Waals surface area contributed by atoms with Gasteiger partial charge in [-0.25, -0.2) is 12.7 Å². The summed E-state index contributed by atoms with van der Waals surface area (Å²) in [6, 6.07) is 0. The average Bonchev–Trinajstić information content (AvgIpc) is 2.12. The van der Waals surface area contributed by atoms with Gasteiger partial charge in [-0.2, -0.15) is 0 Å². The quantitative estimate of drug-likeness (QED) is 0.673. The molecule has 0 aromatic rings. The van der Waals surface area contributed by atoms with Gasteiger partial charge < -0.3 is 9.84 Å². The van der Waals surface area contributed by atoms with E-state index >= 15 is 0 Å². The molecule has 16 heavy (non-hydrogen) atoms. The smallest absolute Gasteiger partial charge is 0.325 e. The molecule has 0 radical (unpaired) electrons. The number of sulfonamides is 1. The van der Waals surface area contributed by atoms with Crippen molar-refractivity contribution in [1.29, 1.82) is 0 Å². The third-order valence-corrected chi connectivity index (χ3v) is 4.11. The summed E-state index contributed by atoms with van der Waals surface area (Å²) >= 11 is 0. The maximum absolute atomic E-state index is 11.8. The molecule has 0 aliphatic rings. The Morgan fingerprint density at radius 3 is 2.25 bits per heavy atom. The van der Waals surface area contributed by atoms with Crippen molar-refractivity contribution in [3.63, 3.8) is 0 Å². The summed E-state index contributed by atoms with van der Waals surface area (Å²) in [6.45, 7) is 4.14. The molecule has 0 heterocycles. The fourth-order valence-electron chi connectivity index (χ4n) is 1.19. The van der Waals surface area contributed by atoms with Crippen LogP contribution in [-0.2, 0) is 19.6 Å². The standard InChI is InChI=1S/C9H19NO5S/c1-7(8(11)15-5)16(13,14)10(4)6-9(2,3)12/h7,12H,6H2,1-5H3. The summed E-state index contributed by atoms with van der Waals surface area (Å²) in [7, 11) is -1.34. The van der Waals surface area contributed by atoms with E-state index in [9.17, 15) is 18.3 Å². The molecule has 0 aliphatic carbocycles. The number of aliphatic hydroxyl groups is 1. The molecule has 0 amide bonds. The number of hydrogen-bond donors (Lipinski definition) is 1. The summed E-state index contributed by atoms with van der Waals surface area (Å²) in [5, 5.41) is 8.23. The Morgan fingerprint density at radius 2 is 1.94 bits per heavy atom. The van der Waals surface area contributed by atoms with Crippen LogP contribution in [0.2, 0.25) is 0 Å². The second kappa shape index (κ2) is 5.11. The predicted molar refractivity (Wildman–Crippen MR) is 59.3 cm³/mol. The van der Waals surface area contributed by atoms with Gasteiger partial charge in [0.25, 0.3) is 0 Å². The molecule has 0 aromatic carbocycles. The first kappa shape index (κ1) is 15.3. The highest BCUT2D eigenvalue weighted by Gasteiger charge is 2.34. The second-order valence-corrected chi connectivity index (χ2v) is 6.64. The van der Waals surface area contributed by atoms with Gasteiger partial charge in [-0.1, -0.05) is 0 Å². The van der Waals surface area contributed by atoms with Gasteiger partial charge in [-0.3, -0.25) is 4.79 Å². The molecule has 0 fully saturated rings. The van der Waals surface area contributed by atoms with Gasteiger partial charge in [-0.15, -0.1) is 0 Å². The van der Waals surface area contributed by atoms with Crippen LogP contribution in [-0.4, -0.2) is 55.4 Å². The highest BCUT2D eigenvalue weighted by atomic mass is 32.2. The summed E-state index contributed by atoms with van der Waals surface area (Å²) < 4.78 is 29.0. The van der Waals surface area contributed by atoms with E-state index < -0.39 is 26.8 Å². The summed E-state index contributed by atoms with van der Waals surface area (Å²) in [4.78, 5) is 11.1. The van der Waals surface area contributed by atoms with Crippen LogP contribution in [0.25, 0.3) is 0 Å². The van der Waals surface area contributed by atoms with Crippen molar-refractivity contribution in [3.05, 3.63) is 0 Å². The minimum absolute atomic E-state index is 0.0866. The molecular weight excluding hydrogens is 234 g/mol. The number of carbonyl (C=O) groups excluding carboxylic acids is 1. The molecule has 0 aliphatic heterocycles. The van der Waals surface area contributed by atoms with E-state index in [0.29, 0.717) is 0 Å². The molecule has 1 atom stereocenters. The SMILES string of the molecule is COC(=O)C(C)S(=O)(=O)N(C)CC(C)(C)O. The van der Waals surface area contributed by atoms with Gasteiger partial charge in [0.1, 0.15) is 0 Å². The summed E-state index contributed by atoms with van der Waals surface area (Å²) in [5.41, 5.74) is -1.16. The lowest BCUT2D eigenvalue weighted by Crippen LogP contribution is -2.45. The van der Waals surface area contributed by atoms with Crippen molar-refractivity contribution in [2.24, 2.45) is 0 Å². The Bertz CT molecular complexity index is 343. The number of carbonyl (C=O) groups is 1. The highest BCUT2D eigenvalue weighted by molar-refractivity contribution is 7.90. The number of nitrogens with zero attached hydrogens (tertiary/aromatic N) is 1. The van der Waals surface area contributed by atoms with Gasteiger partial charge in [0.2, 0.25) is 10.0 Å². The van der Waals surface area contributed by atoms with E-state index in [1.54, 1.807) is 0 Å². The molecule has 1 N–H and O–H groups in total. The molecule has 6 nitrogen and oxygen atoms in total. The molecule has 1 unspecified atom stereocenters. The van der Waals surface area contributed by atoms with E-state index in [0.717, 1.165) is 11.4 Å². The highest BCUT2D eigenvalue weighted by Crippen LogP contribution is 2.12. The van der Waals surface area contributed by atoms with Crippen molar-refractivity contribution in [2.75, 3.05) is 20.7 Å². The van der Waals surface area contributed by atoms with Crippen LogP contribution in [0.4, 0.5) is 0 Å². The molecule has 7 heteroatoms. The molecule has 0 aromatic heterocycles. The van der Waals surface area contributed by atoms with Crippen molar-refractivity contribution < 1.29 is 23.1 Å². The van der Waals surface area contributed by atoms with Crippen molar-refractivity contribution >= 4 is 16.0 Å². The molecule has 0 bridgehead atoms. The minimum atomic E-state index is -3.78. The number of likely N-dealkylation sites (N-methyl/N-ethyl adjacent to an activating group) is 1. The van der Waals surface area contributed by atoms with Crippen molar-refractivity contribution in [2.45, 2.75) is 31.6 Å². The molecule has 96 valence electrons. The van der Waals surface area contributed by atoms with E-state index in [2.05, 4.69) is 4.74 Å². The first-order valence-electron chi connectivity index (χ1n) is 4.77. The number of methoxy groups -OCH3 is 1. The maximum atomic E-state index is 11.8. The van der Waals surface area contributed by atoms with Crippen LogP contribution in [0, 0.1) is 0 Å². The zero-order valence-electron chi connectivity index (χ0n) is 10.2. The third-order valence-electron chi connectivity index (χ3n) is 2.02. The lowest BCUT2D eigenvalue weighted by Gasteiger charge is -2.26. The van der Waals surface area contributed by atoms with Gasteiger partial charge in [0.15, 0.2) is 5.25 Å². The van der Waals surface area contributed by atoms with E-state index in [1.807, 2.05) is 0 Å². The fraction of sp³-hybridized carbons (Fsp3) is 0.889. The Hall–Kier alpha value is -0.660. The van der Waals surface area contributed by atoms with Crippen LogP contribution in [0.1, 0.15) is 20.8 Å².